The Labute approximate surface area is 61.4 Å². The highest BCUT2D eigenvalue weighted by molar-refractivity contribution is 5.18. The molecule has 2 heteroatoms. The number of ether oxygens (including phenoxy) is 1. The fraction of sp³-hybridized carbons (Fsp3) is 0.500. The molecule has 56 valence electrons. The maximum Gasteiger partial charge on any atom is 0.0956 e. The lowest BCUT2D eigenvalue weighted by Gasteiger charge is -2.10. The SMILES string of the molecule is COC1=CCC(CN)=CC1. The third kappa shape index (κ3) is 1.61. The predicted octanol–water partition coefficient (Wildman–Crippen LogP) is 1.20. The van der Waals surface area contributed by atoms with Crippen molar-refractivity contribution >= 4 is 0 Å². The highest BCUT2D eigenvalue weighted by Crippen LogP contribution is 2.16. The van der Waals surface area contributed by atoms with Crippen LogP contribution in [0.3, 0.4) is 0 Å². The van der Waals surface area contributed by atoms with Crippen LogP contribution in [0.1, 0.15) is 12.8 Å². The maximum atomic E-state index is 5.45. The Kier molecular flexibility index (Phi) is 2.51. The maximum absolute atomic E-state index is 5.45. The molecule has 10 heavy (non-hydrogen) atoms. The summed E-state index contributed by atoms with van der Waals surface area (Å²) in [5.41, 5.74) is 6.76. The molecule has 1 aliphatic rings. The van der Waals surface area contributed by atoms with Gasteiger partial charge in [0.1, 0.15) is 0 Å². The Morgan fingerprint density at radius 3 is 2.70 bits per heavy atom. The van der Waals surface area contributed by atoms with E-state index in [-0.39, 0.29) is 0 Å². The van der Waals surface area contributed by atoms with Crippen LogP contribution in [0.25, 0.3) is 0 Å². The molecule has 0 bridgehead atoms. The van der Waals surface area contributed by atoms with Gasteiger partial charge in [-0.25, -0.2) is 0 Å². The van der Waals surface area contributed by atoms with Crippen LogP contribution in [0.5, 0.6) is 0 Å². The van der Waals surface area contributed by atoms with Gasteiger partial charge in [-0.05, 0) is 12.5 Å². The third-order valence-corrected chi connectivity index (χ3v) is 1.71. The van der Waals surface area contributed by atoms with Gasteiger partial charge in [0.15, 0.2) is 0 Å². The first-order valence-corrected chi connectivity index (χ1v) is 3.48. The lowest BCUT2D eigenvalue weighted by molar-refractivity contribution is 0.282. The average Bonchev–Trinajstić information content (AvgIpc) is 2.05. The molecule has 0 aliphatic heterocycles. The number of hydrogen-bond acceptors (Lipinski definition) is 2. The molecule has 1 aliphatic carbocycles. The number of hydrogen-bond donors (Lipinski definition) is 1. The van der Waals surface area contributed by atoms with Crippen LogP contribution < -0.4 is 5.73 Å². The van der Waals surface area contributed by atoms with Crippen molar-refractivity contribution < 1.29 is 4.74 Å². The quantitative estimate of drug-likeness (QED) is 0.583. The summed E-state index contributed by atoms with van der Waals surface area (Å²) in [6, 6.07) is 0. The monoisotopic (exact) mass is 139 g/mol. The van der Waals surface area contributed by atoms with Crippen molar-refractivity contribution in [2.24, 2.45) is 5.73 Å². The molecule has 0 heterocycles. The number of rotatable bonds is 2. The Hall–Kier alpha value is -0.760. The largest absolute Gasteiger partial charge is 0.501 e. The van der Waals surface area contributed by atoms with E-state index in [0.717, 1.165) is 18.6 Å². The molecule has 0 saturated heterocycles. The van der Waals surface area contributed by atoms with E-state index in [1.807, 2.05) is 0 Å². The third-order valence-electron chi connectivity index (χ3n) is 1.71. The van der Waals surface area contributed by atoms with Crippen LogP contribution in [0.2, 0.25) is 0 Å². The van der Waals surface area contributed by atoms with E-state index in [9.17, 15) is 0 Å². The molecule has 0 unspecified atom stereocenters. The Balaban J connectivity index is 2.45. The van der Waals surface area contributed by atoms with Gasteiger partial charge in [-0.2, -0.15) is 0 Å². The first-order valence-electron chi connectivity index (χ1n) is 3.48. The number of nitrogens with two attached hydrogens (primary N) is 1. The first kappa shape index (κ1) is 7.35. The summed E-state index contributed by atoms with van der Waals surface area (Å²) in [5, 5.41) is 0. The van der Waals surface area contributed by atoms with E-state index in [1.165, 1.54) is 5.57 Å². The lowest BCUT2D eigenvalue weighted by atomic mass is 10.1. The van der Waals surface area contributed by atoms with Crippen molar-refractivity contribution in [1.29, 1.82) is 0 Å². The standard InChI is InChI=1S/C8H13NO/c1-10-8-4-2-7(6-9)3-5-8/h2,5H,3-4,6,9H2,1H3. The van der Waals surface area contributed by atoms with E-state index >= 15 is 0 Å². The van der Waals surface area contributed by atoms with Crippen LogP contribution in [-0.2, 0) is 4.74 Å². The highest BCUT2D eigenvalue weighted by atomic mass is 16.5. The second-order valence-corrected chi connectivity index (χ2v) is 2.35. The van der Waals surface area contributed by atoms with Crippen molar-refractivity contribution in [1.82, 2.24) is 0 Å². The topological polar surface area (TPSA) is 35.2 Å². The molecule has 0 spiro atoms. The molecule has 1 rings (SSSR count). The number of allylic oxidation sites excluding steroid dienone is 2. The zero-order chi connectivity index (χ0) is 7.40. The van der Waals surface area contributed by atoms with Gasteiger partial charge >= 0.3 is 0 Å². The fourth-order valence-corrected chi connectivity index (χ4v) is 0.990. The van der Waals surface area contributed by atoms with Gasteiger partial charge in [0, 0.05) is 13.0 Å². The summed E-state index contributed by atoms with van der Waals surface area (Å²) in [6.07, 6.45) is 6.09. The zero-order valence-electron chi connectivity index (χ0n) is 6.26. The molecule has 0 amide bonds. The zero-order valence-corrected chi connectivity index (χ0v) is 6.26. The van der Waals surface area contributed by atoms with Crippen molar-refractivity contribution in [3.05, 3.63) is 23.5 Å². The molecule has 0 aromatic heterocycles. The molecule has 0 radical (unpaired) electrons. The molecule has 0 atom stereocenters. The molecule has 2 nitrogen and oxygen atoms in total. The molecule has 0 aromatic carbocycles. The fourth-order valence-electron chi connectivity index (χ4n) is 0.990. The Morgan fingerprint density at radius 2 is 2.30 bits per heavy atom. The minimum atomic E-state index is 0.674. The van der Waals surface area contributed by atoms with Crippen LogP contribution in [0.4, 0.5) is 0 Å². The van der Waals surface area contributed by atoms with Gasteiger partial charge in [0.05, 0.1) is 12.9 Å². The smallest absolute Gasteiger partial charge is 0.0956 e. The van der Waals surface area contributed by atoms with E-state index in [0.29, 0.717) is 6.54 Å². The minimum absolute atomic E-state index is 0.674. The van der Waals surface area contributed by atoms with E-state index in [4.69, 9.17) is 10.5 Å². The van der Waals surface area contributed by atoms with E-state index < -0.39 is 0 Å². The Bertz CT molecular complexity index is 150. The minimum Gasteiger partial charge on any atom is -0.501 e. The predicted molar refractivity (Wildman–Crippen MR) is 41.5 cm³/mol. The summed E-state index contributed by atoms with van der Waals surface area (Å²) < 4.78 is 5.06. The van der Waals surface area contributed by atoms with Crippen molar-refractivity contribution in [3.8, 4) is 0 Å². The molecule has 0 saturated carbocycles. The average molecular weight is 139 g/mol. The summed E-state index contributed by atoms with van der Waals surface area (Å²) in [6.45, 7) is 0.674. The summed E-state index contributed by atoms with van der Waals surface area (Å²) in [5.74, 6) is 1.05. The van der Waals surface area contributed by atoms with Crippen molar-refractivity contribution in [3.63, 3.8) is 0 Å². The van der Waals surface area contributed by atoms with Crippen molar-refractivity contribution in [2.75, 3.05) is 13.7 Å². The van der Waals surface area contributed by atoms with Gasteiger partial charge in [0.2, 0.25) is 0 Å². The van der Waals surface area contributed by atoms with Crippen LogP contribution in [0, 0.1) is 0 Å². The van der Waals surface area contributed by atoms with Gasteiger partial charge in [-0.15, -0.1) is 0 Å². The summed E-state index contributed by atoms with van der Waals surface area (Å²) in [7, 11) is 1.70. The summed E-state index contributed by atoms with van der Waals surface area (Å²) in [4.78, 5) is 0. The van der Waals surface area contributed by atoms with Gasteiger partial charge in [-0.3, -0.25) is 0 Å². The second-order valence-electron chi connectivity index (χ2n) is 2.35. The molecular weight excluding hydrogens is 126 g/mol. The molecular formula is C8H13NO. The van der Waals surface area contributed by atoms with Gasteiger partial charge in [-0.1, -0.05) is 11.6 Å². The van der Waals surface area contributed by atoms with E-state index in [1.54, 1.807) is 7.11 Å². The van der Waals surface area contributed by atoms with Gasteiger partial charge < -0.3 is 10.5 Å². The summed E-state index contributed by atoms with van der Waals surface area (Å²) >= 11 is 0. The normalized spacial score (nSPS) is 17.8. The molecule has 0 fully saturated rings. The second kappa shape index (κ2) is 3.42. The highest BCUT2D eigenvalue weighted by Gasteiger charge is 2.02. The molecule has 0 aromatic rings. The first-order chi connectivity index (χ1) is 4.86. The molecule has 2 N–H and O–H groups in total. The lowest BCUT2D eigenvalue weighted by Crippen LogP contribution is -2.05. The Morgan fingerprint density at radius 1 is 1.50 bits per heavy atom. The number of methoxy groups -OCH3 is 1. The van der Waals surface area contributed by atoms with Crippen LogP contribution in [-0.4, -0.2) is 13.7 Å². The van der Waals surface area contributed by atoms with Crippen LogP contribution >= 0.6 is 0 Å². The van der Waals surface area contributed by atoms with Gasteiger partial charge in [0.25, 0.3) is 0 Å². The van der Waals surface area contributed by atoms with Crippen molar-refractivity contribution in [2.45, 2.75) is 12.8 Å². The van der Waals surface area contributed by atoms with E-state index in [2.05, 4.69) is 12.2 Å². The van der Waals surface area contributed by atoms with Crippen LogP contribution in [0.15, 0.2) is 23.5 Å².